The zero-order valence-electron chi connectivity index (χ0n) is 13.2. The van der Waals surface area contributed by atoms with Crippen molar-refractivity contribution in [3.8, 4) is 0 Å². The number of aromatic nitrogens is 2. The number of carbonyl (C=O) groups is 2. The molecular formula is C15H21ClN4O3. The average Bonchev–Trinajstić information content (AvgIpc) is 3.08. The summed E-state index contributed by atoms with van der Waals surface area (Å²) in [5, 5.41) is 13.6. The van der Waals surface area contributed by atoms with Crippen LogP contribution >= 0.6 is 11.6 Å². The Hall–Kier alpha value is -1.60. The molecule has 2 amide bonds. The number of piperidine rings is 1. The van der Waals surface area contributed by atoms with Crippen LogP contribution < -0.4 is 0 Å². The number of hydrogen-bond acceptors (Lipinski definition) is 4. The minimum atomic E-state index is -0.510. The fourth-order valence-electron chi connectivity index (χ4n) is 3.66. The summed E-state index contributed by atoms with van der Waals surface area (Å²) in [6, 6.07) is 0. The Bertz CT molecular complexity index is 630. The molecule has 0 saturated carbocycles. The third-order valence-corrected chi connectivity index (χ3v) is 5.10. The molecule has 1 atom stereocenters. The topological polar surface area (TPSA) is 78.7 Å². The van der Waals surface area contributed by atoms with Crippen molar-refractivity contribution in [2.75, 3.05) is 32.8 Å². The van der Waals surface area contributed by atoms with Crippen molar-refractivity contribution < 1.29 is 14.7 Å². The number of hydrogen-bond donors (Lipinski definition) is 1. The van der Waals surface area contributed by atoms with Gasteiger partial charge in [0, 0.05) is 39.4 Å². The van der Waals surface area contributed by atoms with Crippen molar-refractivity contribution in [2.24, 2.45) is 12.5 Å². The maximum Gasteiger partial charge on any atom is 0.275 e. The smallest absolute Gasteiger partial charge is 0.275 e. The second-order valence-corrected chi connectivity index (χ2v) is 6.78. The van der Waals surface area contributed by atoms with E-state index in [2.05, 4.69) is 5.10 Å². The highest BCUT2D eigenvalue weighted by Crippen LogP contribution is 2.40. The van der Waals surface area contributed by atoms with Gasteiger partial charge in [0.05, 0.1) is 17.0 Å². The lowest BCUT2D eigenvalue weighted by molar-refractivity contribution is -0.146. The van der Waals surface area contributed by atoms with Crippen LogP contribution in [-0.4, -0.2) is 69.3 Å². The Morgan fingerprint density at radius 3 is 2.87 bits per heavy atom. The first kappa shape index (κ1) is 16.3. The van der Waals surface area contributed by atoms with Crippen LogP contribution in [-0.2, 0) is 11.8 Å². The highest BCUT2D eigenvalue weighted by atomic mass is 35.5. The van der Waals surface area contributed by atoms with E-state index in [1.54, 1.807) is 23.0 Å². The summed E-state index contributed by atoms with van der Waals surface area (Å²) in [4.78, 5) is 28.8. The Labute approximate surface area is 139 Å². The van der Waals surface area contributed by atoms with Gasteiger partial charge in [-0.05, 0) is 19.3 Å². The molecule has 126 valence electrons. The molecule has 0 radical (unpaired) electrons. The summed E-state index contributed by atoms with van der Waals surface area (Å²) in [5.74, 6) is -0.167. The molecule has 1 spiro atoms. The molecule has 2 aliphatic heterocycles. The van der Waals surface area contributed by atoms with E-state index in [9.17, 15) is 9.59 Å². The largest absolute Gasteiger partial charge is 0.395 e. The van der Waals surface area contributed by atoms with E-state index >= 15 is 0 Å². The predicted molar refractivity (Wildman–Crippen MR) is 84.1 cm³/mol. The van der Waals surface area contributed by atoms with E-state index in [1.807, 2.05) is 0 Å². The van der Waals surface area contributed by atoms with Gasteiger partial charge in [0.25, 0.3) is 5.91 Å². The third-order valence-electron chi connectivity index (χ3n) is 4.82. The molecule has 1 aromatic rings. The first-order valence-electron chi connectivity index (χ1n) is 7.85. The molecule has 7 nitrogen and oxygen atoms in total. The van der Waals surface area contributed by atoms with Gasteiger partial charge in [-0.15, -0.1) is 0 Å². The fraction of sp³-hybridized carbons (Fsp3) is 0.667. The number of halogens is 1. The molecular weight excluding hydrogens is 320 g/mol. The summed E-state index contributed by atoms with van der Waals surface area (Å²) in [6.07, 6.45) is 3.94. The summed E-state index contributed by atoms with van der Waals surface area (Å²) in [5.41, 5.74) is -0.272. The maximum atomic E-state index is 12.7. The van der Waals surface area contributed by atoms with Gasteiger partial charge in [-0.2, -0.15) is 5.10 Å². The maximum absolute atomic E-state index is 12.7. The lowest BCUT2D eigenvalue weighted by Gasteiger charge is -2.39. The number of aliphatic hydroxyl groups excluding tert-OH is 1. The van der Waals surface area contributed by atoms with E-state index in [0.717, 1.165) is 12.8 Å². The van der Waals surface area contributed by atoms with Crippen LogP contribution in [0.25, 0.3) is 0 Å². The number of likely N-dealkylation sites (tertiary alicyclic amines) is 2. The molecule has 0 aliphatic carbocycles. The van der Waals surface area contributed by atoms with Gasteiger partial charge >= 0.3 is 0 Å². The zero-order valence-corrected chi connectivity index (χ0v) is 13.9. The minimum Gasteiger partial charge on any atom is -0.395 e. The standard InChI is InChI=1S/C15H21ClN4O3/c1-18-9-11(16)12(17-18)13(22)20-6-4-15(10-20)3-2-5-19(7-8-21)14(15)23/h9,21H,2-8,10H2,1H3/t15-/m0/s1. The second-order valence-electron chi connectivity index (χ2n) is 6.38. The lowest BCUT2D eigenvalue weighted by Crippen LogP contribution is -2.51. The van der Waals surface area contributed by atoms with Gasteiger partial charge in [0.1, 0.15) is 0 Å². The summed E-state index contributed by atoms with van der Waals surface area (Å²) >= 11 is 6.05. The summed E-state index contributed by atoms with van der Waals surface area (Å²) < 4.78 is 1.51. The van der Waals surface area contributed by atoms with Crippen molar-refractivity contribution in [2.45, 2.75) is 19.3 Å². The van der Waals surface area contributed by atoms with Crippen molar-refractivity contribution >= 4 is 23.4 Å². The normalized spacial score (nSPS) is 24.7. The number of rotatable bonds is 3. The molecule has 3 heterocycles. The van der Waals surface area contributed by atoms with Crippen LogP contribution in [0.4, 0.5) is 0 Å². The third kappa shape index (κ3) is 2.83. The second kappa shape index (κ2) is 6.13. The first-order chi connectivity index (χ1) is 11.0. The Kier molecular flexibility index (Phi) is 4.33. The van der Waals surface area contributed by atoms with Gasteiger partial charge in [0.15, 0.2) is 5.69 Å². The highest BCUT2D eigenvalue weighted by molar-refractivity contribution is 6.33. The number of β-amino-alcohol motifs (C(OH)–C–C–N with tert-alkyl or cyclic N) is 1. The van der Waals surface area contributed by atoms with Gasteiger partial charge in [-0.1, -0.05) is 11.6 Å². The zero-order chi connectivity index (χ0) is 16.6. The van der Waals surface area contributed by atoms with Crippen molar-refractivity contribution in [1.82, 2.24) is 19.6 Å². The van der Waals surface area contributed by atoms with Crippen molar-refractivity contribution in [3.63, 3.8) is 0 Å². The lowest BCUT2D eigenvalue weighted by atomic mass is 9.78. The highest BCUT2D eigenvalue weighted by Gasteiger charge is 2.49. The molecule has 0 bridgehead atoms. The molecule has 2 saturated heterocycles. The number of amides is 2. The van der Waals surface area contributed by atoms with E-state index in [4.69, 9.17) is 16.7 Å². The van der Waals surface area contributed by atoms with Crippen molar-refractivity contribution in [3.05, 3.63) is 16.9 Å². The van der Waals surface area contributed by atoms with Crippen LogP contribution in [0.15, 0.2) is 6.20 Å². The molecule has 2 fully saturated rings. The number of aryl methyl sites for hydroxylation is 1. The number of aliphatic hydroxyl groups is 1. The Morgan fingerprint density at radius 1 is 1.43 bits per heavy atom. The molecule has 3 rings (SSSR count). The molecule has 0 unspecified atom stereocenters. The SMILES string of the molecule is Cn1cc(Cl)c(C(=O)N2CC[C@@]3(CCCN(CCO)C3=O)C2)n1. The van der Waals surface area contributed by atoms with E-state index in [1.165, 1.54) is 4.68 Å². The average molecular weight is 341 g/mol. The van der Waals surface area contributed by atoms with Crippen LogP contribution in [0.1, 0.15) is 29.8 Å². The van der Waals surface area contributed by atoms with Gasteiger partial charge in [0.2, 0.25) is 5.91 Å². The molecule has 23 heavy (non-hydrogen) atoms. The number of carbonyl (C=O) groups excluding carboxylic acids is 2. The minimum absolute atomic E-state index is 0.0337. The molecule has 2 aliphatic rings. The van der Waals surface area contributed by atoms with Gasteiger partial charge < -0.3 is 14.9 Å². The first-order valence-corrected chi connectivity index (χ1v) is 8.23. The summed E-state index contributed by atoms with van der Waals surface area (Å²) in [6.45, 7) is 1.94. The molecule has 0 aromatic carbocycles. The van der Waals surface area contributed by atoms with Crippen LogP contribution in [0.2, 0.25) is 5.02 Å². The van der Waals surface area contributed by atoms with Crippen molar-refractivity contribution in [1.29, 1.82) is 0 Å². The van der Waals surface area contributed by atoms with Crippen LogP contribution in [0.3, 0.4) is 0 Å². The van der Waals surface area contributed by atoms with E-state index in [0.29, 0.717) is 37.6 Å². The predicted octanol–water partition coefficient (Wildman–Crippen LogP) is 0.520. The Morgan fingerprint density at radius 2 is 2.22 bits per heavy atom. The monoisotopic (exact) mass is 340 g/mol. The van der Waals surface area contributed by atoms with Crippen LogP contribution in [0.5, 0.6) is 0 Å². The molecule has 1 aromatic heterocycles. The molecule has 8 heteroatoms. The fourth-order valence-corrected chi connectivity index (χ4v) is 3.92. The van der Waals surface area contributed by atoms with E-state index in [-0.39, 0.29) is 24.1 Å². The van der Waals surface area contributed by atoms with Crippen LogP contribution in [0, 0.1) is 5.41 Å². The molecule has 1 N–H and O–H groups in total. The van der Waals surface area contributed by atoms with E-state index < -0.39 is 5.41 Å². The number of nitrogens with zero attached hydrogens (tertiary/aromatic N) is 4. The van der Waals surface area contributed by atoms with Gasteiger partial charge in [-0.25, -0.2) is 0 Å². The Balaban J connectivity index is 1.76. The van der Waals surface area contributed by atoms with Gasteiger partial charge in [-0.3, -0.25) is 14.3 Å². The quantitative estimate of drug-likeness (QED) is 0.870. The summed E-state index contributed by atoms with van der Waals surface area (Å²) in [7, 11) is 1.71.